The second-order valence-corrected chi connectivity index (χ2v) is 7.62. The molecule has 0 bridgehead atoms. The largest absolute Gasteiger partial charge is 0.371 e. The van der Waals surface area contributed by atoms with Crippen molar-refractivity contribution in [3.05, 3.63) is 70.9 Å². The quantitative estimate of drug-likeness (QED) is 0.688. The first kappa shape index (κ1) is 18.6. The number of halogens is 1. The van der Waals surface area contributed by atoms with Crippen LogP contribution in [0.25, 0.3) is 11.3 Å². The normalized spacial score (nSPS) is 16.4. The van der Waals surface area contributed by atoms with Crippen molar-refractivity contribution in [2.75, 3.05) is 24.5 Å². The Morgan fingerprint density at radius 1 is 1.25 bits per heavy atom. The van der Waals surface area contributed by atoms with Crippen molar-refractivity contribution in [2.24, 2.45) is 5.92 Å². The first-order valence-corrected chi connectivity index (χ1v) is 9.79. The van der Waals surface area contributed by atoms with E-state index in [0.717, 1.165) is 30.1 Å². The summed E-state index contributed by atoms with van der Waals surface area (Å²) in [6.07, 6.45) is 1.03. The predicted octanol–water partition coefficient (Wildman–Crippen LogP) is 4.56. The summed E-state index contributed by atoms with van der Waals surface area (Å²) in [5.41, 5.74) is 3.97. The molecule has 4 rings (SSSR count). The Balaban J connectivity index is 1.33. The smallest absolute Gasteiger partial charge is 0.289 e. The highest BCUT2D eigenvalue weighted by Crippen LogP contribution is 2.29. The highest BCUT2D eigenvalue weighted by atomic mass is 35.5. The number of amides is 1. The van der Waals surface area contributed by atoms with Gasteiger partial charge in [-0.2, -0.15) is 0 Å². The zero-order valence-electron chi connectivity index (χ0n) is 15.7. The van der Waals surface area contributed by atoms with Crippen LogP contribution in [0.4, 0.5) is 5.69 Å². The average Bonchev–Trinajstić information content (AvgIpc) is 3.38. The van der Waals surface area contributed by atoms with Gasteiger partial charge in [-0.25, -0.2) is 0 Å². The Morgan fingerprint density at radius 2 is 2.07 bits per heavy atom. The van der Waals surface area contributed by atoms with Gasteiger partial charge in [-0.3, -0.25) is 4.79 Å². The number of benzene rings is 2. The van der Waals surface area contributed by atoms with Crippen molar-refractivity contribution in [3.63, 3.8) is 0 Å². The fourth-order valence-electron chi connectivity index (χ4n) is 3.59. The minimum absolute atomic E-state index is 0.230. The molecule has 0 spiro atoms. The van der Waals surface area contributed by atoms with Crippen LogP contribution in [0.5, 0.6) is 0 Å². The molecule has 1 amide bonds. The highest BCUT2D eigenvalue weighted by Gasteiger charge is 2.25. The molecule has 0 radical (unpaired) electrons. The van der Waals surface area contributed by atoms with E-state index in [2.05, 4.69) is 22.3 Å². The van der Waals surface area contributed by atoms with Gasteiger partial charge in [-0.1, -0.05) is 53.2 Å². The summed E-state index contributed by atoms with van der Waals surface area (Å²) in [7, 11) is 0. The van der Waals surface area contributed by atoms with Gasteiger partial charge in [-0.05, 0) is 37.0 Å². The van der Waals surface area contributed by atoms with Crippen LogP contribution < -0.4 is 10.2 Å². The van der Waals surface area contributed by atoms with Gasteiger partial charge < -0.3 is 14.7 Å². The van der Waals surface area contributed by atoms with Crippen molar-refractivity contribution < 1.29 is 9.32 Å². The summed E-state index contributed by atoms with van der Waals surface area (Å²) in [5.74, 6) is 0.394. The van der Waals surface area contributed by atoms with Gasteiger partial charge in [0.1, 0.15) is 5.69 Å². The summed E-state index contributed by atoms with van der Waals surface area (Å²) >= 11 is 6.15. The number of carbonyl (C=O) groups excluding carboxylic acids is 1. The van der Waals surface area contributed by atoms with Gasteiger partial charge in [0.2, 0.25) is 5.76 Å². The maximum absolute atomic E-state index is 12.4. The van der Waals surface area contributed by atoms with Crippen LogP contribution in [-0.2, 0) is 0 Å². The average molecular weight is 396 g/mol. The molecule has 1 atom stereocenters. The number of nitrogens with zero attached hydrogens (tertiary/aromatic N) is 2. The molecule has 1 fully saturated rings. The first-order valence-electron chi connectivity index (χ1n) is 9.41. The van der Waals surface area contributed by atoms with E-state index in [4.69, 9.17) is 16.1 Å². The third-order valence-corrected chi connectivity index (χ3v) is 5.39. The second-order valence-electron chi connectivity index (χ2n) is 7.18. The number of hydrogen-bond donors (Lipinski definition) is 1. The molecule has 6 heteroatoms. The molecule has 1 aliphatic rings. The lowest BCUT2D eigenvalue weighted by Crippen LogP contribution is -2.30. The van der Waals surface area contributed by atoms with Crippen molar-refractivity contribution in [2.45, 2.75) is 13.3 Å². The number of rotatable bonds is 5. The van der Waals surface area contributed by atoms with Gasteiger partial charge in [0, 0.05) is 42.0 Å². The summed E-state index contributed by atoms with van der Waals surface area (Å²) < 4.78 is 5.23. The van der Waals surface area contributed by atoms with E-state index in [1.807, 2.05) is 48.5 Å². The van der Waals surface area contributed by atoms with E-state index in [1.54, 1.807) is 6.07 Å². The molecule has 0 aliphatic carbocycles. The maximum Gasteiger partial charge on any atom is 0.289 e. The summed E-state index contributed by atoms with van der Waals surface area (Å²) in [4.78, 5) is 14.8. The number of nitrogens with one attached hydrogen (secondary N) is 1. The lowest BCUT2D eigenvalue weighted by atomic mass is 10.1. The van der Waals surface area contributed by atoms with Gasteiger partial charge >= 0.3 is 0 Å². The molecular formula is C22H22ClN3O2. The molecule has 2 aromatic carbocycles. The molecule has 1 aromatic heterocycles. The molecule has 3 aromatic rings. The van der Waals surface area contributed by atoms with Gasteiger partial charge in [-0.15, -0.1) is 0 Å². The number of carbonyl (C=O) groups is 1. The van der Waals surface area contributed by atoms with Gasteiger partial charge in [0.25, 0.3) is 5.91 Å². The Morgan fingerprint density at radius 3 is 2.89 bits per heavy atom. The fourth-order valence-corrected chi connectivity index (χ4v) is 3.76. The van der Waals surface area contributed by atoms with Crippen molar-refractivity contribution in [1.29, 1.82) is 0 Å². The van der Waals surface area contributed by atoms with Crippen molar-refractivity contribution >= 4 is 23.2 Å². The second kappa shape index (κ2) is 8.07. The van der Waals surface area contributed by atoms with E-state index < -0.39 is 0 Å². The molecular weight excluding hydrogens is 374 g/mol. The SMILES string of the molecule is Cc1ccc(Cl)cc1N1CCC(CNC(=O)c2cc(-c3ccccc3)no2)C1. The molecule has 1 N–H and O–H groups in total. The molecule has 1 unspecified atom stereocenters. The van der Waals surface area contributed by atoms with E-state index in [-0.39, 0.29) is 11.7 Å². The molecule has 2 heterocycles. The van der Waals surface area contributed by atoms with Crippen LogP contribution in [0.15, 0.2) is 59.1 Å². The summed E-state index contributed by atoms with van der Waals surface area (Å²) in [6, 6.07) is 17.3. The zero-order chi connectivity index (χ0) is 19.5. The molecule has 28 heavy (non-hydrogen) atoms. The summed E-state index contributed by atoms with van der Waals surface area (Å²) in [6.45, 7) is 4.56. The molecule has 144 valence electrons. The first-order chi connectivity index (χ1) is 13.6. The highest BCUT2D eigenvalue weighted by molar-refractivity contribution is 6.30. The number of aryl methyl sites for hydroxylation is 1. The maximum atomic E-state index is 12.4. The number of hydrogen-bond acceptors (Lipinski definition) is 4. The zero-order valence-corrected chi connectivity index (χ0v) is 16.4. The van der Waals surface area contributed by atoms with E-state index in [1.165, 1.54) is 11.3 Å². The minimum atomic E-state index is -0.230. The van der Waals surface area contributed by atoms with Gasteiger partial charge in [0.05, 0.1) is 0 Å². The third kappa shape index (κ3) is 4.04. The van der Waals surface area contributed by atoms with Crippen LogP contribution in [-0.4, -0.2) is 30.7 Å². The topological polar surface area (TPSA) is 58.4 Å². The molecule has 5 nitrogen and oxygen atoms in total. The van der Waals surface area contributed by atoms with E-state index in [0.29, 0.717) is 18.2 Å². The van der Waals surface area contributed by atoms with Crippen LogP contribution in [0.1, 0.15) is 22.5 Å². The van der Waals surface area contributed by atoms with Crippen molar-refractivity contribution in [3.8, 4) is 11.3 Å². The molecule has 1 saturated heterocycles. The van der Waals surface area contributed by atoms with E-state index >= 15 is 0 Å². The Labute approximate surface area is 169 Å². The van der Waals surface area contributed by atoms with E-state index in [9.17, 15) is 4.79 Å². The van der Waals surface area contributed by atoms with Crippen LogP contribution >= 0.6 is 11.6 Å². The monoisotopic (exact) mass is 395 g/mol. The Kier molecular flexibility index (Phi) is 5.35. The van der Waals surface area contributed by atoms with Crippen LogP contribution in [0.3, 0.4) is 0 Å². The number of anilines is 1. The standard InChI is InChI=1S/C22H22ClN3O2/c1-15-7-8-18(23)11-20(15)26-10-9-16(14-26)13-24-22(27)21-12-19(25-28-21)17-5-3-2-4-6-17/h2-8,11-12,16H,9-10,13-14H2,1H3,(H,24,27). The fraction of sp³-hybridized carbons (Fsp3) is 0.273. The third-order valence-electron chi connectivity index (χ3n) is 5.15. The molecule has 0 saturated carbocycles. The van der Waals surface area contributed by atoms with Crippen LogP contribution in [0.2, 0.25) is 5.02 Å². The number of aromatic nitrogens is 1. The predicted molar refractivity (Wildman–Crippen MR) is 111 cm³/mol. The Bertz CT molecular complexity index is 971. The lowest BCUT2D eigenvalue weighted by Gasteiger charge is -2.21. The van der Waals surface area contributed by atoms with Crippen LogP contribution in [0, 0.1) is 12.8 Å². The van der Waals surface area contributed by atoms with Gasteiger partial charge in [0.15, 0.2) is 0 Å². The lowest BCUT2D eigenvalue weighted by molar-refractivity contribution is 0.0911. The summed E-state index contributed by atoms with van der Waals surface area (Å²) in [5, 5.41) is 7.73. The van der Waals surface area contributed by atoms with Crippen molar-refractivity contribution in [1.82, 2.24) is 10.5 Å². The molecule has 1 aliphatic heterocycles. The minimum Gasteiger partial charge on any atom is -0.371 e. The Hall–Kier alpha value is -2.79.